The third-order valence-electron chi connectivity index (χ3n) is 4.22. The number of aromatic nitrogens is 1. The molecule has 4 N–H and O–H groups in total. The first-order valence-corrected chi connectivity index (χ1v) is 7.30. The molecule has 1 amide bonds. The van der Waals surface area contributed by atoms with Crippen molar-refractivity contribution < 1.29 is 10.0 Å². The number of pyridine rings is 1. The van der Waals surface area contributed by atoms with Crippen molar-refractivity contribution in [2.45, 2.75) is 45.1 Å². The second-order valence-corrected chi connectivity index (χ2v) is 5.58. The van der Waals surface area contributed by atoms with E-state index in [1.165, 1.54) is 0 Å². The summed E-state index contributed by atoms with van der Waals surface area (Å²) in [5, 5.41) is 15.1. The zero-order valence-electron chi connectivity index (χ0n) is 12.2. The molecule has 6 heteroatoms. The molecule has 1 fully saturated rings. The van der Waals surface area contributed by atoms with Crippen molar-refractivity contribution in [3.63, 3.8) is 0 Å². The summed E-state index contributed by atoms with van der Waals surface area (Å²) in [7, 11) is 0. The van der Waals surface area contributed by atoms with Gasteiger partial charge in [0.25, 0.3) is 0 Å². The highest BCUT2D eigenvalue weighted by molar-refractivity contribution is 6.06. The Kier molecular flexibility index (Phi) is 4.77. The summed E-state index contributed by atoms with van der Waals surface area (Å²) in [6.07, 6.45) is 5.80. The van der Waals surface area contributed by atoms with Gasteiger partial charge in [0.2, 0.25) is 5.91 Å². The Morgan fingerprint density at radius 2 is 2.14 bits per heavy atom. The van der Waals surface area contributed by atoms with Gasteiger partial charge in [0, 0.05) is 6.20 Å². The molecule has 1 aromatic heterocycles. The second kappa shape index (κ2) is 6.56. The number of hydrogen-bond acceptors (Lipinski definition) is 4. The monoisotopic (exact) mass is 290 g/mol. The van der Waals surface area contributed by atoms with Crippen LogP contribution in [0, 0.1) is 5.41 Å². The Hall–Kier alpha value is -2.11. The molecule has 114 valence electrons. The van der Waals surface area contributed by atoms with E-state index in [4.69, 9.17) is 10.9 Å². The van der Waals surface area contributed by atoms with Gasteiger partial charge >= 0.3 is 0 Å². The fourth-order valence-corrected chi connectivity index (χ4v) is 2.89. The first-order valence-electron chi connectivity index (χ1n) is 7.30. The number of hydrogen-bond donors (Lipinski definition) is 3. The summed E-state index contributed by atoms with van der Waals surface area (Å²) in [5.74, 6) is -0.177. The summed E-state index contributed by atoms with van der Waals surface area (Å²) < 4.78 is 0. The minimum absolute atomic E-state index is 0.00733. The Bertz CT molecular complexity index is 510. The summed E-state index contributed by atoms with van der Waals surface area (Å²) in [6, 6.07) is 5.35. The molecule has 1 aliphatic rings. The van der Waals surface area contributed by atoms with Crippen LogP contribution >= 0.6 is 0 Å². The van der Waals surface area contributed by atoms with E-state index in [0.29, 0.717) is 12.8 Å². The van der Waals surface area contributed by atoms with E-state index in [9.17, 15) is 4.79 Å². The van der Waals surface area contributed by atoms with Gasteiger partial charge in [-0.1, -0.05) is 30.5 Å². The zero-order chi connectivity index (χ0) is 15.3. The number of nitrogens with one attached hydrogen (secondary N) is 1. The van der Waals surface area contributed by atoms with Crippen molar-refractivity contribution in [3.8, 4) is 0 Å². The molecule has 0 radical (unpaired) electrons. The number of rotatable bonds is 4. The van der Waals surface area contributed by atoms with E-state index in [1.807, 2.05) is 25.1 Å². The van der Waals surface area contributed by atoms with Crippen LogP contribution in [0.5, 0.6) is 0 Å². The lowest BCUT2D eigenvalue weighted by Crippen LogP contribution is -2.51. The maximum atomic E-state index is 12.7. The molecule has 0 spiro atoms. The molecule has 0 aromatic carbocycles. The van der Waals surface area contributed by atoms with Gasteiger partial charge in [-0.25, -0.2) is 0 Å². The van der Waals surface area contributed by atoms with Gasteiger partial charge in [-0.05, 0) is 31.9 Å². The van der Waals surface area contributed by atoms with Gasteiger partial charge in [0.05, 0.1) is 11.7 Å². The highest BCUT2D eigenvalue weighted by Gasteiger charge is 2.44. The molecular weight excluding hydrogens is 268 g/mol. The summed E-state index contributed by atoms with van der Waals surface area (Å²) in [4.78, 5) is 16.9. The molecule has 0 aliphatic heterocycles. The Balaban J connectivity index is 2.16. The van der Waals surface area contributed by atoms with Gasteiger partial charge in [0.1, 0.15) is 5.41 Å². The molecule has 6 nitrogen and oxygen atoms in total. The Morgan fingerprint density at radius 3 is 2.71 bits per heavy atom. The summed E-state index contributed by atoms with van der Waals surface area (Å²) in [5.41, 5.74) is 5.72. The average molecular weight is 290 g/mol. The molecule has 1 saturated carbocycles. The second-order valence-electron chi connectivity index (χ2n) is 5.58. The minimum atomic E-state index is -0.893. The lowest BCUT2D eigenvalue weighted by Gasteiger charge is -2.35. The number of carbonyl (C=O) groups excluding carboxylic acids is 1. The van der Waals surface area contributed by atoms with Crippen molar-refractivity contribution in [3.05, 3.63) is 30.1 Å². The third-order valence-corrected chi connectivity index (χ3v) is 4.22. The van der Waals surface area contributed by atoms with E-state index in [1.54, 1.807) is 6.20 Å². The number of oxime groups is 1. The van der Waals surface area contributed by atoms with Crippen molar-refractivity contribution >= 4 is 11.7 Å². The van der Waals surface area contributed by atoms with Crippen LogP contribution in [0.25, 0.3) is 0 Å². The number of nitrogens with two attached hydrogens (primary N) is 1. The topological polar surface area (TPSA) is 101 Å². The van der Waals surface area contributed by atoms with Gasteiger partial charge in [-0.2, -0.15) is 0 Å². The Morgan fingerprint density at radius 1 is 1.43 bits per heavy atom. The van der Waals surface area contributed by atoms with E-state index in [2.05, 4.69) is 15.5 Å². The number of carbonyl (C=O) groups is 1. The standard InChI is InChI=1S/C15H22N4O2/c1-11(12-7-3-6-10-17-12)18-14(20)15(13(16)19-21)8-4-2-5-9-15/h3,6-7,10-11,21H,2,4-5,8-9H2,1H3,(H2,16,19)(H,18,20). The lowest BCUT2D eigenvalue weighted by molar-refractivity contribution is -0.129. The van der Waals surface area contributed by atoms with E-state index in [-0.39, 0.29) is 17.8 Å². The predicted octanol–water partition coefficient (Wildman–Crippen LogP) is 1.96. The predicted molar refractivity (Wildman–Crippen MR) is 79.7 cm³/mol. The van der Waals surface area contributed by atoms with Gasteiger partial charge in [-0.15, -0.1) is 0 Å². The van der Waals surface area contributed by atoms with Crippen LogP contribution in [0.15, 0.2) is 29.6 Å². The molecule has 0 bridgehead atoms. The zero-order valence-corrected chi connectivity index (χ0v) is 12.2. The smallest absolute Gasteiger partial charge is 0.234 e. The van der Waals surface area contributed by atoms with Crippen LogP contribution in [0.1, 0.15) is 50.8 Å². The number of amidine groups is 1. The lowest BCUT2D eigenvalue weighted by atomic mass is 9.72. The first kappa shape index (κ1) is 15.3. The minimum Gasteiger partial charge on any atom is -0.409 e. The fraction of sp³-hybridized carbons (Fsp3) is 0.533. The van der Waals surface area contributed by atoms with Crippen LogP contribution in [0.3, 0.4) is 0 Å². The van der Waals surface area contributed by atoms with Gasteiger partial charge in [-0.3, -0.25) is 9.78 Å². The maximum Gasteiger partial charge on any atom is 0.234 e. The van der Waals surface area contributed by atoms with Crippen LogP contribution in [0.4, 0.5) is 0 Å². The van der Waals surface area contributed by atoms with E-state index >= 15 is 0 Å². The fourth-order valence-electron chi connectivity index (χ4n) is 2.89. The highest BCUT2D eigenvalue weighted by Crippen LogP contribution is 2.37. The first-order chi connectivity index (χ1) is 10.1. The van der Waals surface area contributed by atoms with Crippen LogP contribution in [-0.4, -0.2) is 21.9 Å². The molecule has 21 heavy (non-hydrogen) atoms. The SMILES string of the molecule is CC(NC(=O)C1(C(N)=NO)CCCCC1)c1ccccn1. The highest BCUT2D eigenvalue weighted by atomic mass is 16.4. The normalized spacial score (nSPS) is 19.8. The molecule has 1 atom stereocenters. The average Bonchev–Trinajstić information content (AvgIpc) is 2.55. The largest absolute Gasteiger partial charge is 0.409 e. The maximum absolute atomic E-state index is 12.7. The molecule has 1 unspecified atom stereocenters. The molecule has 0 saturated heterocycles. The van der Waals surface area contributed by atoms with Crippen molar-refractivity contribution in [2.24, 2.45) is 16.3 Å². The summed E-state index contributed by atoms with van der Waals surface area (Å²) >= 11 is 0. The third kappa shape index (κ3) is 3.15. The van der Waals surface area contributed by atoms with Crippen molar-refractivity contribution in [1.29, 1.82) is 0 Å². The van der Waals surface area contributed by atoms with Gasteiger partial charge in [0.15, 0.2) is 5.84 Å². The van der Waals surface area contributed by atoms with E-state index < -0.39 is 5.41 Å². The van der Waals surface area contributed by atoms with Crippen LogP contribution in [-0.2, 0) is 4.79 Å². The van der Waals surface area contributed by atoms with Crippen LogP contribution < -0.4 is 11.1 Å². The number of nitrogens with zero attached hydrogens (tertiary/aromatic N) is 2. The van der Waals surface area contributed by atoms with Gasteiger partial charge < -0.3 is 16.3 Å². The van der Waals surface area contributed by atoms with Crippen molar-refractivity contribution in [2.75, 3.05) is 0 Å². The molecular formula is C15H22N4O2. The summed E-state index contributed by atoms with van der Waals surface area (Å²) in [6.45, 7) is 1.88. The number of amides is 1. The van der Waals surface area contributed by atoms with Crippen LogP contribution in [0.2, 0.25) is 0 Å². The van der Waals surface area contributed by atoms with Crippen molar-refractivity contribution in [1.82, 2.24) is 10.3 Å². The molecule has 1 heterocycles. The Labute approximate surface area is 124 Å². The van der Waals surface area contributed by atoms with E-state index in [0.717, 1.165) is 25.0 Å². The quantitative estimate of drug-likeness (QED) is 0.341. The molecule has 2 rings (SSSR count). The molecule has 1 aliphatic carbocycles. The molecule has 1 aromatic rings.